The van der Waals surface area contributed by atoms with Crippen molar-refractivity contribution in [2.24, 2.45) is 0 Å². The summed E-state index contributed by atoms with van der Waals surface area (Å²) in [6.45, 7) is -0.530. The van der Waals surface area contributed by atoms with E-state index in [4.69, 9.17) is 9.47 Å². The molecule has 0 unspecified atom stereocenters. The van der Waals surface area contributed by atoms with Gasteiger partial charge in [0, 0.05) is 5.69 Å². The maximum Gasteiger partial charge on any atom is 0.420 e. The number of methoxy groups -OCH3 is 3. The molecule has 27 heavy (non-hydrogen) atoms. The van der Waals surface area contributed by atoms with Crippen molar-refractivity contribution < 1.29 is 41.7 Å². The molecule has 1 aliphatic heterocycles. The zero-order chi connectivity index (χ0) is 20.4. The van der Waals surface area contributed by atoms with E-state index in [2.05, 4.69) is 25.4 Å². The van der Waals surface area contributed by atoms with E-state index in [9.17, 15) is 22.8 Å². The second-order valence-electron chi connectivity index (χ2n) is 5.22. The molecule has 0 amide bonds. The minimum Gasteiger partial charge on any atom is -0.495 e. The van der Waals surface area contributed by atoms with Gasteiger partial charge in [0.2, 0.25) is 0 Å². The lowest BCUT2D eigenvalue weighted by Gasteiger charge is -2.32. The third-order valence-electron chi connectivity index (χ3n) is 3.68. The third kappa shape index (κ3) is 4.19. The topological polar surface area (TPSA) is 74.3 Å². The lowest BCUT2D eigenvalue weighted by atomic mass is 10.1. The maximum atomic E-state index is 13.4. The van der Waals surface area contributed by atoms with Gasteiger partial charge >= 0.3 is 18.1 Å². The predicted molar refractivity (Wildman–Crippen MR) is 90.1 cm³/mol. The number of hydrogen-bond donors (Lipinski definition) is 0. The summed E-state index contributed by atoms with van der Waals surface area (Å²) < 4.78 is 59.6. The summed E-state index contributed by atoms with van der Waals surface area (Å²) >= 11 is 3.03. The highest BCUT2D eigenvalue weighted by atomic mass is 79.9. The molecule has 0 aliphatic carbocycles. The average Bonchev–Trinajstić information content (AvgIpc) is 2.64. The van der Waals surface area contributed by atoms with E-state index in [1.165, 1.54) is 6.07 Å². The molecule has 0 saturated heterocycles. The quantitative estimate of drug-likeness (QED) is 0.648. The molecule has 1 aromatic carbocycles. The Morgan fingerprint density at radius 3 is 2.30 bits per heavy atom. The number of hydrogen-bond acceptors (Lipinski definition) is 7. The molecule has 1 aromatic rings. The van der Waals surface area contributed by atoms with Gasteiger partial charge in [0.1, 0.15) is 23.7 Å². The highest BCUT2D eigenvalue weighted by Crippen LogP contribution is 2.44. The Morgan fingerprint density at radius 2 is 1.78 bits per heavy atom. The molecule has 0 saturated carbocycles. The Morgan fingerprint density at radius 1 is 1.15 bits per heavy atom. The Hall–Kier alpha value is -2.27. The van der Waals surface area contributed by atoms with E-state index in [1.54, 1.807) is 0 Å². The van der Waals surface area contributed by atoms with E-state index in [0.717, 1.165) is 32.3 Å². The van der Waals surface area contributed by atoms with Crippen LogP contribution in [0.15, 0.2) is 27.9 Å². The standard InChI is InChI=1S/C16H15BrF3NO6/c1-24-13-10(16(18,19)20)4-8(5-11(13)17)21-7-27-6-9(14(22)25-2)12(21)15(23)26-3/h4-5H,6-7H2,1-3H3. The number of esters is 2. The molecule has 0 radical (unpaired) electrons. The van der Waals surface area contributed by atoms with Crippen molar-refractivity contribution >= 4 is 33.6 Å². The van der Waals surface area contributed by atoms with Crippen LogP contribution in [-0.4, -0.2) is 46.6 Å². The number of anilines is 1. The molecule has 2 rings (SSSR count). The van der Waals surface area contributed by atoms with Crippen LogP contribution < -0.4 is 9.64 Å². The molecule has 0 bridgehead atoms. The van der Waals surface area contributed by atoms with Crippen LogP contribution in [0.5, 0.6) is 5.75 Å². The predicted octanol–water partition coefficient (Wildman–Crippen LogP) is 2.87. The van der Waals surface area contributed by atoms with Gasteiger partial charge in [-0.2, -0.15) is 13.2 Å². The van der Waals surface area contributed by atoms with Crippen molar-refractivity contribution in [3.05, 3.63) is 33.4 Å². The molecular formula is C16H15BrF3NO6. The number of halogens is 4. The monoisotopic (exact) mass is 453 g/mol. The van der Waals surface area contributed by atoms with Gasteiger partial charge in [-0.1, -0.05) is 0 Å². The number of carbonyl (C=O) groups excluding carboxylic acids is 2. The minimum absolute atomic E-state index is 0.00392. The molecule has 0 atom stereocenters. The smallest absolute Gasteiger partial charge is 0.420 e. The van der Waals surface area contributed by atoms with Crippen LogP contribution in [0, 0.1) is 0 Å². The van der Waals surface area contributed by atoms with Crippen molar-refractivity contribution in [3.63, 3.8) is 0 Å². The first-order valence-corrected chi connectivity index (χ1v) is 8.14. The van der Waals surface area contributed by atoms with Crippen molar-refractivity contribution in [3.8, 4) is 5.75 Å². The average molecular weight is 454 g/mol. The van der Waals surface area contributed by atoms with E-state index in [-0.39, 0.29) is 34.8 Å². The van der Waals surface area contributed by atoms with Gasteiger partial charge in [0.25, 0.3) is 0 Å². The first-order chi connectivity index (χ1) is 12.6. The van der Waals surface area contributed by atoms with E-state index in [1.807, 2.05) is 0 Å². The van der Waals surface area contributed by atoms with Gasteiger partial charge in [-0.3, -0.25) is 0 Å². The van der Waals surface area contributed by atoms with Crippen molar-refractivity contribution in [2.75, 3.05) is 39.6 Å². The van der Waals surface area contributed by atoms with Gasteiger partial charge in [0.05, 0.1) is 38.0 Å². The normalized spacial score (nSPS) is 14.9. The van der Waals surface area contributed by atoms with Crippen LogP contribution in [0.25, 0.3) is 0 Å². The van der Waals surface area contributed by atoms with Crippen LogP contribution in [-0.2, 0) is 30.0 Å². The van der Waals surface area contributed by atoms with Gasteiger partial charge in [-0.25, -0.2) is 9.59 Å². The summed E-state index contributed by atoms with van der Waals surface area (Å²) in [5, 5.41) is 0. The second kappa shape index (κ2) is 8.17. The Bertz CT molecular complexity index is 793. The van der Waals surface area contributed by atoms with E-state index < -0.39 is 29.4 Å². The molecule has 148 valence electrons. The van der Waals surface area contributed by atoms with Crippen LogP contribution in [0.3, 0.4) is 0 Å². The Kier molecular flexibility index (Phi) is 6.37. The fourth-order valence-electron chi connectivity index (χ4n) is 2.50. The number of rotatable bonds is 4. The number of nitrogens with zero attached hydrogens (tertiary/aromatic N) is 1. The van der Waals surface area contributed by atoms with Gasteiger partial charge in [0.15, 0.2) is 0 Å². The van der Waals surface area contributed by atoms with Gasteiger partial charge in [-0.05, 0) is 28.1 Å². The SMILES string of the molecule is COC(=O)C1=C(C(=O)OC)N(c2cc(Br)c(OC)c(C(F)(F)F)c2)COC1. The molecule has 0 fully saturated rings. The Labute approximate surface area is 160 Å². The van der Waals surface area contributed by atoms with Crippen LogP contribution in [0.2, 0.25) is 0 Å². The van der Waals surface area contributed by atoms with E-state index in [0.29, 0.717) is 0 Å². The molecule has 0 N–H and O–H groups in total. The fraction of sp³-hybridized carbons (Fsp3) is 0.375. The lowest BCUT2D eigenvalue weighted by Crippen LogP contribution is -2.39. The first-order valence-electron chi connectivity index (χ1n) is 7.35. The van der Waals surface area contributed by atoms with Crippen molar-refractivity contribution in [1.82, 2.24) is 0 Å². The maximum absolute atomic E-state index is 13.4. The molecule has 11 heteroatoms. The highest BCUT2D eigenvalue weighted by molar-refractivity contribution is 9.10. The molecule has 1 heterocycles. The number of carbonyl (C=O) groups is 2. The largest absolute Gasteiger partial charge is 0.495 e. The summed E-state index contributed by atoms with van der Waals surface area (Å²) in [5.41, 5.74) is -1.56. The van der Waals surface area contributed by atoms with Crippen LogP contribution in [0.4, 0.5) is 18.9 Å². The number of benzene rings is 1. The summed E-state index contributed by atoms with van der Waals surface area (Å²) in [5.74, 6) is -2.19. The van der Waals surface area contributed by atoms with Crippen LogP contribution >= 0.6 is 15.9 Å². The van der Waals surface area contributed by atoms with Gasteiger partial charge < -0.3 is 23.8 Å². The first kappa shape index (κ1) is 21.0. The summed E-state index contributed by atoms with van der Waals surface area (Å²) in [4.78, 5) is 25.3. The highest BCUT2D eigenvalue weighted by Gasteiger charge is 2.38. The molecule has 0 spiro atoms. The molecule has 7 nitrogen and oxygen atoms in total. The minimum atomic E-state index is -4.72. The second-order valence-corrected chi connectivity index (χ2v) is 6.08. The fourth-order valence-corrected chi connectivity index (χ4v) is 3.11. The van der Waals surface area contributed by atoms with Gasteiger partial charge in [-0.15, -0.1) is 0 Å². The number of alkyl halides is 3. The lowest BCUT2D eigenvalue weighted by molar-refractivity contribution is -0.140. The summed E-state index contributed by atoms with van der Waals surface area (Å²) in [6.07, 6.45) is -4.72. The Balaban J connectivity index is 2.69. The third-order valence-corrected chi connectivity index (χ3v) is 4.27. The van der Waals surface area contributed by atoms with Crippen molar-refractivity contribution in [2.45, 2.75) is 6.18 Å². The summed E-state index contributed by atoms with van der Waals surface area (Å²) in [6, 6.07) is 2.09. The molecular weight excluding hydrogens is 439 g/mol. The molecule has 1 aliphatic rings. The van der Waals surface area contributed by atoms with Crippen molar-refractivity contribution in [1.29, 1.82) is 0 Å². The summed E-state index contributed by atoms with van der Waals surface area (Å²) in [7, 11) is 3.30. The zero-order valence-corrected chi connectivity index (χ0v) is 16.1. The molecule has 0 aromatic heterocycles. The number of ether oxygens (including phenoxy) is 4. The zero-order valence-electron chi connectivity index (χ0n) is 14.5. The van der Waals surface area contributed by atoms with E-state index >= 15 is 0 Å². The van der Waals surface area contributed by atoms with Crippen LogP contribution in [0.1, 0.15) is 5.56 Å².